The smallest absolute Gasteiger partial charge is 0.138 e. The molecule has 0 saturated heterocycles. The Morgan fingerprint density at radius 1 is 1.05 bits per heavy atom. The molecule has 0 aliphatic carbocycles. The molecular weight excluding hydrogens is 415 g/mol. The largest absolute Gasteiger partial charge is 0.495 e. The zero-order valence-corrected chi connectivity index (χ0v) is 14.6. The Hall–Kier alpha value is -0.220. The minimum Gasteiger partial charge on any atom is -0.495 e. The van der Waals surface area contributed by atoms with Crippen LogP contribution in [0.25, 0.3) is 0 Å². The van der Waals surface area contributed by atoms with Gasteiger partial charge < -0.3 is 4.74 Å². The number of rotatable bonds is 3. The minimum atomic E-state index is -0.347. The summed E-state index contributed by atoms with van der Waals surface area (Å²) in [6, 6.07) is 11.4. The molecule has 0 radical (unpaired) electrons. The first-order valence-corrected chi connectivity index (χ1v) is 7.86. The number of methoxy groups -OCH3 is 1. The van der Waals surface area contributed by atoms with Crippen LogP contribution < -0.4 is 4.74 Å². The van der Waals surface area contributed by atoms with E-state index in [-0.39, 0.29) is 5.38 Å². The van der Waals surface area contributed by atoms with Crippen molar-refractivity contribution < 1.29 is 4.74 Å². The third-order valence-corrected chi connectivity index (χ3v) is 4.69. The summed E-state index contributed by atoms with van der Waals surface area (Å²) in [5, 5.41) is 0.265. The fourth-order valence-corrected chi connectivity index (χ4v) is 3.83. The van der Waals surface area contributed by atoms with Crippen LogP contribution in [0.1, 0.15) is 16.5 Å². The van der Waals surface area contributed by atoms with Gasteiger partial charge in [-0.25, -0.2) is 0 Å². The Bertz CT molecular complexity index is 602. The average molecular weight is 425 g/mol. The minimum absolute atomic E-state index is 0.347. The zero-order chi connectivity index (χ0) is 14.0. The van der Waals surface area contributed by atoms with E-state index in [1.54, 1.807) is 13.2 Å². The van der Waals surface area contributed by atoms with Gasteiger partial charge in [-0.1, -0.05) is 45.7 Å². The van der Waals surface area contributed by atoms with E-state index in [9.17, 15) is 0 Å². The molecule has 0 bridgehead atoms. The fraction of sp³-hybridized carbons (Fsp3) is 0.143. The van der Waals surface area contributed by atoms with Gasteiger partial charge in [-0.15, -0.1) is 11.6 Å². The second-order valence-corrected chi connectivity index (χ2v) is 6.48. The van der Waals surface area contributed by atoms with Crippen molar-refractivity contribution in [3.05, 3.63) is 61.5 Å². The highest BCUT2D eigenvalue weighted by Gasteiger charge is 2.20. The quantitative estimate of drug-likeness (QED) is 0.533. The van der Waals surface area contributed by atoms with Gasteiger partial charge in [0.15, 0.2) is 0 Å². The summed E-state index contributed by atoms with van der Waals surface area (Å²) in [5.74, 6) is 0.695. The van der Waals surface area contributed by atoms with Crippen molar-refractivity contribution in [3.63, 3.8) is 0 Å². The van der Waals surface area contributed by atoms with Gasteiger partial charge in [-0.3, -0.25) is 0 Å². The molecule has 0 aliphatic rings. The molecule has 2 rings (SSSR count). The summed E-state index contributed by atoms with van der Waals surface area (Å²) in [5.41, 5.74) is 1.80. The highest BCUT2D eigenvalue weighted by Crippen LogP contribution is 2.42. The Morgan fingerprint density at radius 2 is 1.74 bits per heavy atom. The number of benzene rings is 2. The molecule has 0 N–H and O–H groups in total. The van der Waals surface area contributed by atoms with Crippen LogP contribution in [-0.4, -0.2) is 7.11 Å². The summed E-state index contributed by atoms with van der Waals surface area (Å²) in [4.78, 5) is 0. The third-order valence-electron chi connectivity index (χ3n) is 2.69. The van der Waals surface area contributed by atoms with E-state index in [4.69, 9.17) is 27.9 Å². The van der Waals surface area contributed by atoms with E-state index in [0.717, 1.165) is 20.1 Å². The average Bonchev–Trinajstić information content (AvgIpc) is 2.37. The lowest BCUT2D eigenvalue weighted by Crippen LogP contribution is -1.99. The molecule has 0 aliphatic heterocycles. The van der Waals surface area contributed by atoms with Crippen LogP contribution in [0.3, 0.4) is 0 Å². The van der Waals surface area contributed by atoms with Crippen molar-refractivity contribution in [2.24, 2.45) is 0 Å². The number of hydrogen-bond donors (Lipinski definition) is 0. The van der Waals surface area contributed by atoms with E-state index in [2.05, 4.69) is 31.9 Å². The van der Waals surface area contributed by atoms with E-state index < -0.39 is 0 Å². The van der Waals surface area contributed by atoms with Gasteiger partial charge in [-0.2, -0.15) is 0 Å². The molecule has 0 saturated carbocycles. The summed E-state index contributed by atoms with van der Waals surface area (Å²) >= 11 is 19.6. The van der Waals surface area contributed by atoms with Gasteiger partial charge >= 0.3 is 0 Å². The monoisotopic (exact) mass is 422 g/mol. The Kier molecular flexibility index (Phi) is 5.18. The maximum absolute atomic E-state index is 6.58. The summed E-state index contributed by atoms with van der Waals surface area (Å²) in [6.45, 7) is 0. The Labute approximate surface area is 139 Å². The van der Waals surface area contributed by atoms with Gasteiger partial charge in [0.05, 0.1) is 17.0 Å². The third kappa shape index (κ3) is 3.27. The molecule has 2 aromatic rings. The highest BCUT2D eigenvalue weighted by molar-refractivity contribution is 9.10. The van der Waals surface area contributed by atoms with Crippen molar-refractivity contribution in [2.75, 3.05) is 7.11 Å². The predicted molar refractivity (Wildman–Crippen MR) is 87.5 cm³/mol. The first-order chi connectivity index (χ1) is 9.04. The molecule has 100 valence electrons. The van der Waals surface area contributed by atoms with Crippen LogP contribution in [0.2, 0.25) is 5.02 Å². The summed E-state index contributed by atoms with van der Waals surface area (Å²) in [7, 11) is 1.61. The van der Waals surface area contributed by atoms with Gasteiger partial charge in [-0.05, 0) is 39.7 Å². The van der Waals surface area contributed by atoms with Crippen LogP contribution in [0, 0.1) is 0 Å². The number of ether oxygens (including phenoxy) is 1. The zero-order valence-electron chi connectivity index (χ0n) is 9.96. The molecule has 1 nitrogen and oxygen atoms in total. The fourth-order valence-electron chi connectivity index (χ4n) is 1.83. The van der Waals surface area contributed by atoms with Crippen LogP contribution >= 0.6 is 55.1 Å². The Balaban J connectivity index is 2.55. The first-order valence-electron chi connectivity index (χ1n) is 5.46. The van der Waals surface area contributed by atoms with Crippen molar-refractivity contribution >= 4 is 55.1 Å². The normalized spacial score (nSPS) is 12.3. The Morgan fingerprint density at radius 3 is 2.37 bits per heavy atom. The SMILES string of the molecule is COc1c(Br)cc(Cl)cc1C(Cl)c1ccccc1Br. The van der Waals surface area contributed by atoms with E-state index >= 15 is 0 Å². The van der Waals surface area contributed by atoms with Crippen LogP contribution in [0.5, 0.6) is 5.75 Å². The summed E-state index contributed by atoms with van der Waals surface area (Å²) < 4.78 is 7.15. The molecule has 19 heavy (non-hydrogen) atoms. The molecule has 1 unspecified atom stereocenters. The standard InChI is InChI=1S/C14H10Br2Cl2O/c1-19-14-10(6-8(17)7-12(14)16)13(18)9-4-2-3-5-11(9)15/h2-7,13H,1H3. The van der Waals surface area contributed by atoms with E-state index in [0.29, 0.717) is 10.8 Å². The molecule has 1 atom stereocenters. The number of halogens is 4. The van der Waals surface area contributed by atoms with Gasteiger partial charge in [0.25, 0.3) is 0 Å². The van der Waals surface area contributed by atoms with Gasteiger partial charge in [0.2, 0.25) is 0 Å². The maximum Gasteiger partial charge on any atom is 0.138 e. The lowest BCUT2D eigenvalue weighted by Gasteiger charge is -2.17. The molecule has 0 spiro atoms. The van der Waals surface area contributed by atoms with E-state index in [1.807, 2.05) is 30.3 Å². The lowest BCUT2D eigenvalue weighted by atomic mass is 10.0. The second kappa shape index (κ2) is 6.49. The van der Waals surface area contributed by atoms with Gasteiger partial charge in [0, 0.05) is 15.1 Å². The van der Waals surface area contributed by atoms with Crippen molar-refractivity contribution in [1.29, 1.82) is 0 Å². The van der Waals surface area contributed by atoms with Crippen molar-refractivity contribution in [2.45, 2.75) is 5.38 Å². The van der Waals surface area contributed by atoms with E-state index in [1.165, 1.54) is 0 Å². The van der Waals surface area contributed by atoms with Crippen LogP contribution in [0.4, 0.5) is 0 Å². The maximum atomic E-state index is 6.58. The molecule has 5 heteroatoms. The highest BCUT2D eigenvalue weighted by atomic mass is 79.9. The van der Waals surface area contributed by atoms with Crippen molar-refractivity contribution in [3.8, 4) is 5.75 Å². The summed E-state index contributed by atoms with van der Waals surface area (Å²) in [6.07, 6.45) is 0. The number of alkyl halides is 1. The first kappa shape index (κ1) is 15.2. The van der Waals surface area contributed by atoms with Crippen LogP contribution in [0.15, 0.2) is 45.3 Å². The molecule has 2 aromatic carbocycles. The lowest BCUT2D eigenvalue weighted by molar-refractivity contribution is 0.407. The molecular formula is C14H10Br2Cl2O. The molecule has 0 amide bonds. The topological polar surface area (TPSA) is 9.23 Å². The number of hydrogen-bond acceptors (Lipinski definition) is 1. The second-order valence-electron chi connectivity index (χ2n) is 3.89. The molecule has 0 heterocycles. The predicted octanol–water partition coefficient (Wildman–Crippen LogP) is 6.20. The van der Waals surface area contributed by atoms with Gasteiger partial charge in [0.1, 0.15) is 5.75 Å². The van der Waals surface area contributed by atoms with Crippen LogP contribution in [-0.2, 0) is 0 Å². The molecule has 0 fully saturated rings. The van der Waals surface area contributed by atoms with Crippen molar-refractivity contribution in [1.82, 2.24) is 0 Å². The molecule has 0 aromatic heterocycles.